The van der Waals surface area contributed by atoms with E-state index in [4.69, 9.17) is 14.2 Å². The number of para-hydroxylation sites is 1. The molecule has 1 heterocycles. The molecule has 1 unspecified atom stereocenters. The van der Waals surface area contributed by atoms with Gasteiger partial charge in [0.25, 0.3) is 0 Å². The molecule has 1 fully saturated rings. The molecule has 1 aromatic carbocycles. The van der Waals surface area contributed by atoms with Crippen LogP contribution in [0.15, 0.2) is 18.2 Å². The average Bonchev–Trinajstić information content (AvgIpc) is 2.82. The van der Waals surface area contributed by atoms with Crippen molar-refractivity contribution in [2.45, 2.75) is 12.5 Å². The van der Waals surface area contributed by atoms with Gasteiger partial charge in [-0.1, -0.05) is 6.07 Å². The fourth-order valence-corrected chi connectivity index (χ4v) is 4.04. The lowest BCUT2D eigenvalue weighted by molar-refractivity contribution is 0.270. The van der Waals surface area contributed by atoms with E-state index in [1.807, 2.05) is 6.07 Å². The predicted molar refractivity (Wildman–Crippen MR) is 80.1 cm³/mol. The summed E-state index contributed by atoms with van der Waals surface area (Å²) in [6, 6.07) is 5.45. The first kappa shape index (κ1) is 15.9. The first-order chi connectivity index (χ1) is 10.1. The summed E-state index contributed by atoms with van der Waals surface area (Å²) in [6.07, 6.45) is 0.667. The third-order valence-corrected chi connectivity index (χ3v) is 5.16. The monoisotopic (exact) mass is 315 g/mol. The number of methoxy groups -OCH3 is 2. The van der Waals surface area contributed by atoms with Crippen LogP contribution in [0.4, 0.5) is 0 Å². The number of hydrogen-bond acceptors (Lipinski definition) is 6. The van der Waals surface area contributed by atoms with Crippen LogP contribution in [0.25, 0.3) is 0 Å². The van der Waals surface area contributed by atoms with E-state index < -0.39 is 9.84 Å². The van der Waals surface area contributed by atoms with Crippen molar-refractivity contribution in [1.29, 1.82) is 0 Å². The summed E-state index contributed by atoms with van der Waals surface area (Å²) in [7, 11) is 0.296. The molecule has 1 N–H and O–H groups in total. The zero-order valence-electron chi connectivity index (χ0n) is 12.3. The molecule has 0 radical (unpaired) electrons. The van der Waals surface area contributed by atoms with Gasteiger partial charge in [-0.15, -0.1) is 0 Å². The van der Waals surface area contributed by atoms with Crippen LogP contribution in [-0.4, -0.2) is 53.3 Å². The van der Waals surface area contributed by atoms with Gasteiger partial charge in [-0.25, -0.2) is 8.42 Å². The summed E-state index contributed by atoms with van der Waals surface area (Å²) in [6.45, 7) is 0.981. The average molecular weight is 315 g/mol. The molecule has 0 aliphatic carbocycles. The van der Waals surface area contributed by atoms with Crippen molar-refractivity contribution in [2.24, 2.45) is 0 Å². The Morgan fingerprint density at radius 2 is 1.90 bits per heavy atom. The fraction of sp³-hybridized carbons (Fsp3) is 0.571. The molecule has 2 rings (SSSR count). The second-order valence-electron chi connectivity index (χ2n) is 4.89. The Morgan fingerprint density at radius 3 is 2.43 bits per heavy atom. The van der Waals surface area contributed by atoms with Crippen LogP contribution in [0.5, 0.6) is 17.2 Å². The van der Waals surface area contributed by atoms with Crippen LogP contribution < -0.4 is 19.5 Å². The molecule has 1 aliphatic rings. The Hall–Kier alpha value is -1.47. The molecule has 0 bridgehead atoms. The third-order valence-electron chi connectivity index (χ3n) is 3.40. The van der Waals surface area contributed by atoms with Gasteiger partial charge in [-0.3, -0.25) is 0 Å². The molecule has 1 aromatic rings. The van der Waals surface area contributed by atoms with Crippen molar-refractivity contribution in [2.75, 3.05) is 38.9 Å². The molecule has 6 nitrogen and oxygen atoms in total. The minimum atomic E-state index is -2.85. The summed E-state index contributed by atoms with van der Waals surface area (Å²) < 4.78 is 38.9. The zero-order chi connectivity index (χ0) is 15.3. The SMILES string of the molecule is COc1cccc(OC)c1OCCNC1CCS(=O)(=O)C1. The van der Waals surface area contributed by atoms with Crippen molar-refractivity contribution in [3.63, 3.8) is 0 Å². The van der Waals surface area contributed by atoms with E-state index in [2.05, 4.69) is 5.32 Å². The highest BCUT2D eigenvalue weighted by Gasteiger charge is 2.27. The van der Waals surface area contributed by atoms with Crippen molar-refractivity contribution < 1.29 is 22.6 Å². The van der Waals surface area contributed by atoms with E-state index in [1.54, 1.807) is 26.4 Å². The first-order valence-electron chi connectivity index (χ1n) is 6.83. The molecule has 1 aliphatic heterocycles. The zero-order valence-corrected chi connectivity index (χ0v) is 13.1. The Bertz CT molecular complexity index is 550. The highest BCUT2D eigenvalue weighted by molar-refractivity contribution is 7.91. The Kier molecular flexibility index (Phi) is 5.30. The normalized spacial score (nSPS) is 20.2. The van der Waals surface area contributed by atoms with Crippen LogP contribution in [0.2, 0.25) is 0 Å². The van der Waals surface area contributed by atoms with Crippen LogP contribution in [0.3, 0.4) is 0 Å². The third kappa shape index (κ3) is 4.25. The van der Waals surface area contributed by atoms with E-state index in [0.29, 0.717) is 36.8 Å². The Balaban J connectivity index is 1.84. The molecule has 0 amide bonds. The van der Waals surface area contributed by atoms with E-state index in [0.717, 1.165) is 0 Å². The van der Waals surface area contributed by atoms with Crippen molar-refractivity contribution >= 4 is 9.84 Å². The van der Waals surface area contributed by atoms with Crippen LogP contribution in [-0.2, 0) is 9.84 Å². The molecular weight excluding hydrogens is 294 g/mol. The molecule has 0 saturated carbocycles. The van der Waals surface area contributed by atoms with Gasteiger partial charge in [0, 0.05) is 12.6 Å². The van der Waals surface area contributed by atoms with Gasteiger partial charge < -0.3 is 19.5 Å². The number of benzene rings is 1. The van der Waals surface area contributed by atoms with Gasteiger partial charge in [0.05, 0.1) is 25.7 Å². The lowest BCUT2D eigenvalue weighted by Gasteiger charge is -2.15. The van der Waals surface area contributed by atoms with Crippen LogP contribution >= 0.6 is 0 Å². The number of ether oxygens (including phenoxy) is 3. The standard InChI is InChI=1S/C14H21NO5S/c1-18-12-4-3-5-13(19-2)14(12)20-8-7-15-11-6-9-21(16,17)10-11/h3-5,11,15H,6-10H2,1-2H3. The number of rotatable bonds is 7. The van der Waals surface area contributed by atoms with Gasteiger partial charge in [0.2, 0.25) is 5.75 Å². The second kappa shape index (κ2) is 7.00. The van der Waals surface area contributed by atoms with Crippen molar-refractivity contribution in [3.05, 3.63) is 18.2 Å². The second-order valence-corrected chi connectivity index (χ2v) is 7.12. The summed E-state index contributed by atoms with van der Waals surface area (Å²) in [5.41, 5.74) is 0. The van der Waals surface area contributed by atoms with Gasteiger partial charge in [-0.2, -0.15) is 0 Å². The number of sulfone groups is 1. The lowest BCUT2D eigenvalue weighted by Crippen LogP contribution is -2.33. The number of hydrogen-bond donors (Lipinski definition) is 1. The maximum absolute atomic E-state index is 11.4. The molecule has 1 atom stereocenters. The smallest absolute Gasteiger partial charge is 0.203 e. The fourth-order valence-electron chi connectivity index (χ4n) is 2.33. The minimum absolute atomic E-state index is 0.0261. The molecule has 21 heavy (non-hydrogen) atoms. The van der Waals surface area contributed by atoms with E-state index >= 15 is 0 Å². The van der Waals surface area contributed by atoms with Gasteiger partial charge in [-0.05, 0) is 18.6 Å². The van der Waals surface area contributed by atoms with E-state index in [-0.39, 0.29) is 17.5 Å². The Labute approximate surface area is 125 Å². The highest BCUT2D eigenvalue weighted by Crippen LogP contribution is 2.36. The van der Waals surface area contributed by atoms with E-state index in [9.17, 15) is 8.42 Å². The van der Waals surface area contributed by atoms with E-state index in [1.165, 1.54) is 0 Å². The van der Waals surface area contributed by atoms with Gasteiger partial charge in [0.1, 0.15) is 6.61 Å². The molecule has 1 saturated heterocycles. The van der Waals surface area contributed by atoms with Gasteiger partial charge in [0.15, 0.2) is 21.3 Å². The molecule has 118 valence electrons. The lowest BCUT2D eigenvalue weighted by atomic mass is 10.2. The highest BCUT2D eigenvalue weighted by atomic mass is 32.2. The quantitative estimate of drug-likeness (QED) is 0.752. The molecule has 7 heteroatoms. The summed E-state index contributed by atoms with van der Waals surface area (Å²) in [4.78, 5) is 0. The van der Waals surface area contributed by atoms with Crippen LogP contribution in [0.1, 0.15) is 6.42 Å². The van der Waals surface area contributed by atoms with Crippen molar-refractivity contribution in [1.82, 2.24) is 5.32 Å². The minimum Gasteiger partial charge on any atom is -0.493 e. The van der Waals surface area contributed by atoms with Crippen LogP contribution in [0, 0.1) is 0 Å². The molecular formula is C14H21NO5S. The van der Waals surface area contributed by atoms with Gasteiger partial charge >= 0.3 is 0 Å². The Morgan fingerprint density at radius 1 is 1.24 bits per heavy atom. The maximum atomic E-state index is 11.4. The predicted octanol–water partition coefficient (Wildman–Crippen LogP) is 0.859. The first-order valence-corrected chi connectivity index (χ1v) is 8.65. The summed E-state index contributed by atoms with van der Waals surface area (Å²) in [5, 5.41) is 3.20. The largest absolute Gasteiger partial charge is 0.493 e. The number of nitrogens with one attached hydrogen (secondary N) is 1. The maximum Gasteiger partial charge on any atom is 0.203 e. The van der Waals surface area contributed by atoms with Crippen molar-refractivity contribution in [3.8, 4) is 17.2 Å². The summed E-state index contributed by atoms with van der Waals surface area (Å²) >= 11 is 0. The molecule has 0 aromatic heterocycles. The molecule has 0 spiro atoms. The topological polar surface area (TPSA) is 73.9 Å². The summed E-state index contributed by atoms with van der Waals surface area (Å²) in [5.74, 6) is 2.26.